The van der Waals surface area contributed by atoms with Gasteiger partial charge in [0.05, 0.1) is 18.7 Å². The van der Waals surface area contributed by atoms with Gasteiger partial charge in [-0.25, -0.2) is 9.78 Å². The smallest absolute Gasteiger partial charge is 0.408 e. The first kappa shape index (κ1) is 18.9. The summed E-state index contributed by atoms with van der Waals surface area (Å²) >= 11 is 1.09. The molecule has 11 heteroatoms. The van der Waals surface area contributed by atoms with Gasteiger partial charge in [-0.05, 0) is 13.8 Å². The number of thiazole rings is 1. The maximum absolute atomic E-state index is 12.5. The van der Waals surface area contributed by atoms with Crippen LogP contribution in [0.15, 0.2) is 5.38 Å². The van der Waals surface area contributed by atoms with E-state index in [4.69, 9.17) is 5.11 Å². The van der Waals surface area contributed by atoms with Crippen LogP contribution in [0.4, 0.5) is 13.2 Å². The van der Waals surface area contributed by atoms with E-state index < -0.39 is 24.6 Å². The van der Waals surface area contributed by atoms with Crippen LogP contribution in [0.1, 0.15) is 32.4 Å². The van der Waals surface area contributed by atoms with Gasteiger partial charge in [-0.3, -0.25) is 9.48 Å². The summed E-state index contributed by atoms with van der Waals surface area (Å²) in [6.45, 7) is 1.86. The lowest BCUT2D eigenvalue weighted by Crippen LogP contribution is -2.25. The number of aryl methyl sites for hydroxylation is 1. The maximum atomic E-state index is 12.5. The molecule has 2 rings (SSSR count). The summed E-state index contributed by atoms with van der Waals surface area (Å²) in [4.78, 5) is 26.6. The van der Waals surface area contributed by atoms with Crippen molar-refractivity contribution in [1.29, 1.82) is 0 Å². The third kappa shape index (κ3) is 5.02. The summed E-state index contributed by atoms with van der Waals surface area (Å²) in [5.41, 5.74) is 0.980. The molecule has 1 amide bonds. The largest absolute Gasteiger partial charge is 0.476 e. The molecule has 0 bridgehead atoms. The van der Waals surface area contributed by atoms with E-state index in [-0.39, 0.29) is 24.4 Å². The summed E-state index contributed by atoms with van der Waals surface area (Å²) in [6.07, 6.45) is -4.51. The highest BCUT2D eigenvalue weighted by atomic mass is 32.1. The van der Waals surface area contributed by atoms with Crippen molar-refractivity contribution >= 4 is 23.2 Å². The van der Waals surface area contributed by atoms with Gasteiger partial charge in [0, 0.05) is 16.6 Å². The van der Waals surface area contributed by atoms with E-state index in [2.05, 4.69) is 15.4 Å². The molecule has 2 aromatic rings. The number of carboxylic acids is 1. The van der Waals surface area contributed by atoms with Crippen molar-refractivity contribution in [2.45, 2.75) is 39.5 Å². The normalized spacial score (nSPS) is 11.6. The second-order valence-corrected chi connectivity index (χ2v) is 6.25. The van der Waals surface area contributed by atoms with Crippen molar-refractivity contribution in [3.8, 4) is 0 Å². The Hall–Kier alpha value is -2.43. The van der Waals surface area contributed by atoms with Crippen molar-refractivity contribution in [2.24, 2.45) is 0 Å². The summed E-state index contributed by atoms with van der Waals surface area (Å²) in [5, 5.41) is 17.0. The van der Waals surface area contributed by atoms with E-state index in [9.17, 15) is 22.8 Å². The van der Waals surface area contributed by atoms with Crippen LogP contribution in [-0.4, -0.2) is 37.9 Å². The van der Waals surface area contributed by atoms with Gasteiger partial charge in [0.2, 0.25) is 5.91 Å². The summed E-state index contributed by atoms with van der Waals surface area (Å²) in [6, 6.07) is 0. The fourth-order valence-electron chi connectivity index (χ4n) is 2.20. The second-order valence-electron chi connectivity index (χ2n) is 5.31. The fourth-order valence-corrected chi connectivity index (χ4v) is 2.91. The third-order valence-electron chi connectivity index (χ3n) is 3.41. The lowest BCUT2D eigenvalue weighted by Gasteiger charge is -2.08. The number of amides is 1. The Morgan fingerprint density at radius 2 is 2.04 bits per heavy atom. The standard InChI is InChI=1S/C14H15F3N4O3S/c1-7-9(8(2)21(20-7)6-14(15,16)17)3-11(22)18-4-12-19-10(5-25-12)13(23)24/h5H,3-4,6H2,1-2H3,(H,18,22)(H,23,24). The molecule has 2 aromatic heterocycles. The third-order valence-corrected chi connectivity index (χ3v) is 4.25. The van der Waals surface area contributed by atoms with Gasteiger partial charge in [-0.2, -0.15) is 18.3 Å². The molecular formula is C14H15F3N4O3S. The minimum atomic E-state index is -4.39. The topological polar surface area (TPSA) is 97.1 Å². The monoisotopic (exact) mass is 376 g/mol. The summed E-state index contributed by atoms with van der Waals surface area (Å²) < 4.78 is 38.3. The molecular weight excluding hydrogens is 361 g/mol. The predicted octanol–water partition coefficient (Wildman–Crippen LogP) is 2.08. The van der Waals surface area contributed by atoms with Crippen molar-refractivity contribution in [3.05, 3.63) is 33.0 Å². The van der Waals surface area contributed by atoms with Gasteiger partial charge in [0.1, 0.15) is 11.6 Å². The lowest BCUT2D eigenvalue weighted by atomic mass is 10.1. The Kier molecular flexibility index (Phi) is 5.45. The average Bonchev–Trinajstić information content (AvgIpc) is 3.05. The van der Waals surface area contributed by atoms with Crippen molar-refractivity contribution in [1.82, 2.24) is 20.1 Å². The molecule has 25 heavy (non-hydrogen) atoms. The molecule has 0 aromatic carbocycles. The number of carbonyl (C=O) groups is 2. The number of halogens is 3. The lowest BCUT2D eigenvalue weighted by molar-refractivity contribution is -0.143. The van der Waals surface area contributed by atoms with E-state index >= 15 is 0 Å². The van der Waals surface area contributed by atoms with Crippen LogP contribution in [0.2, 0.25) is 0 Å². The van der Waals surface area contributed by atoms with E-state index in [0.717, 1.165) is 16.0 Å². The quantitative estimate of drug-likeness (QED) is 0.805. The number of aromatic carboxylic acids is 1. The molecule has 0 aliphatic carbocycles. The highest BCUT2D eigenvalue weighted by Crippen LogP contribution is 2.21. The molecule has 0 aliphatic heterocycles. The number of nitrogens with one attached hydrogen (secondary N) is 1. The highest BCUT2D eigenvalue weighted by molar-refractivity contribution is 7.09. The van der Waals surface area contributed by atoms with E-state index in [1.165, 1.54) is 12.3 Å². The van der Waals surface area contributed by atoms with Crippen LogP contribution in [0.25, 0.3) is 0 Å². The molecule has 136 valence electrons. The number of nitrogens with zero attached hydrogens (tertiary/aromatic N) is 3. The maximum Gasteiger partial charge on any atom is 0.408 e. The van der Waals surface area contributed by atoms with E-state index in [1.807, 2.05) is 0 Å². The Morgan fingerprint density at radius 3 is 2.60 bits per heavy atom. The van der Waals surface area contributed by atoms with Crippen LogP contribution in [0.3, 0.4) is 0 Å². The number of carboxylic acid groups (broad SMARTS) is 1. The minimum absolute atomic E-state index is 0.0472. The first-order valence-corrected chi connectivity index (χ1v) is 7.99. The molecule has 7 nitrogen and oxygen atoms in total. The number of aromatic nitrogens is 3. The number of alkyl halides is 3. The molecule has 0 atom stereocenters. The van der Waals surface area contributed by atoms with Crippen molar-refractivity contribution in [3.63, 3.8) is 0 Å². The number of hydrogen-bond donors (Lipinski definition) is 2. The van der Waals surface area contributed by atoms with Crippen LogP contribution in [-0.2, 0) is 24.3 Å². The summed E-state index contributed by atoms with van der Waals surface area (Å²) in [7, 11) is 0. The molecule has 2 heterocycles. The Bertz CT molecular complexity index is 798. The SMILES string of the molecule is Cc1nn(CC(F)(F)F)c(C)c1CC(=O)NCc1nc(C(=O)O)cs1. The molecule has 0 unspecified atom stereocenters. The van der Waals surface area contributed by atoms with Gasteiger partial charge in [-0.1, -0.05) is 0 Å². The van der Waals surface area contributed by atoms with E-state index in [1.54, 1.807) is 6.92 Å². The zero-order valence-electron chi connectivity index (χ0n) is 13.3. The molecule has 0 saturated carbocycles. The van der Waals surface area contributed by atoms with Crippen molar-refractivity contribution in [2.75, 3.05) is 0 Å². The first-order valence-electron chi connectivity index (χ1n) is 7.11. The van der Waals surface area contributed by atoms with Gasteiger partial charge in [0.25, 0.3) is 0 Å². The molecule has 0 radical (unpaired) electrons. The number of carbonyl (C=O) groups excluding carboxylic acids is 1. The Balaban J connectivity index is 1.99. The van der Waals surface area contributed by atoms with Gasteiger partial charge < -0.3 is 10.4 Å². The van der Waals surface area contributed by atoms with Crippen LogP contribution in [0, 0.1) is 13.8 Å². The van der Waals surface area contributed by atoms with Gasteiger partial charge >= 0.3 is 12.1 Å². The predicted molar refractivity (Wildman–Crippen MR) is 82.4 cm³/mol. The molecule has 0 saturated heterocycles. The average molecular weight is 376 g/mol. The number of hydrogen-bond acceptors (Lipinski definition) is 5. The molecule has 0 spiro atoms. The number of rotatable bonds is 6. The van der Waals surface area contributed by atoms with Crippen LogP contribution < -0.4 is 5.32 Å². The minimum Gasteiger partial charge on any atom is -0.476 e. The molecule has 0 fully saturated rings. The van der Waals surface area contributed by atoms with Crippen LogP contribution in [0.5, 0.6) is 0 Å². The zero-order valence-corrected chi connectivity index (χ0v) is 14.2. The highest BCUT2D eigenvalue weighted by Gasteiger charge is 2.30. The van der Waals surface area contributed by atoms with Gasteiger partial charge in [-0.15, -0.1) is 11.3 Å². The fraction of sp³-hybridized carbons (Fsp3) is 0.429. The Morgan fingerprint density at radius 1 is 1.36 bits per heavy atom. The Labute approximate surface area is 144 Å². The summed E-state index contributed by atoms with van der Waals surface area (Å²) in [5.74, 6) is -1.57. The van der Waals surface area contributed by atoms with Crippen LogP contribution >= 0.6 is 11.3 Å². The van der Waals surface area contributed by atoms with Gasteiger partial charge in [0.15, 0.2) is 5.69 Å². The van der Waals surface area contributed by atoms with Crippen molar-refractivity contribution < 1.29 is 27.9 Å². The second kappa shape index (κ2) is 7.21. The first-order chi connectivity index (χ1) is 11.6. The zero-order chi connectivity index (χ0) is 18.8. The molecule has 0 aliphatic rings. The van der Waals surface area contributed by atoms with E-state index in [0.29, 0.717) is 16.3 Å². The molecule has 2 N–H and O–H groups in total.